The van der Waals surface area contributed by atoms with Gasteiger partial charge in [-0.1, -0.05) is 18.2 Å². The number of methoxy groups -OCH3 is 2. The first-order chi connectivity index (χ1) is 11.1. The smallest absolute Gasteiger partial charge is 0.161 e. The Bertz CT molecular complexity index is 570. The summed E-state index contributed by atoms with van der Waals surface area (Å²) in [5.74, 6) is 3.22. The van der Waals surface area contributed by atoms with Gasteiger partial charge in [-0.15, -0.1) is 0 Å². The molecule has 1 aromatic rings. The molecule has 4 unspecified atom stereocenters. The minimum absolute atomic E-state index is 0.319. The van der Waals surface area contributed by atoms with Crippen LogP contribution in [-0.2, 0) is 0 Å². The molecule has 4 heteroatoms. The van der Waals surface area contributed by atoms with Gasteiger partial charge in [0, 0.05) is 18.6 Å². The predicted octanol–water partition coefficient (Wildman–Crippen LogP) is 2.86. The van der Waals surface area contributed by atoms with E-state index in [9.17, 15) is 0 Å². The number of ether oxygens (including phenoxy) is 2. The van der Waals surface area contributed by atoms with Crippen molar-refractivity contribution in [3.8, 4) is 11.5 Å². The lowest BCUT2D eigenvalue weighted by atomic mass is 9.71. The second-order valence-corrected chi connectivity index (χ2v) is 6.85. The molecule has 23 heavy (non-hydrogen) atoms. The van der Waals surface area contributed by atoms with Crippen LogP contribution in [-0.4, -0.2) is 45.8 Å². The molecule has 0 aromatic heterocycles. The van der Waals surface area contributed by atoms with Gasteiger partial charge in [0.15, 0.2) is 11.5 Å². The lowest BCUT2D eigenvalue weighted by Gasteiger charge is -2.42. The van der Waals surface area contributed by atoms with Gasteiger partial charge in [0.25, 0.3) is 0 Å². The maximum atomic E-state index is 5.45. The van der Waals surface area contributed by atoms with Crippen LogP contribution < -0.4 is 14.8 Å². The van der Waals surface area contributed by atoms with Gasteiger partial charge in [0.2, 0.25) is 0 Å². The summed E-state index contributed by atoms with van der Waals surface area (Å²) in [5, 5.41) is 3.77. The molecule has 1 fully saturated rings. The van der Waals surface area contributed by atoms with Crippen molar-refractivity contribution in [2.24, 2.45) is 11.8 Å². The van der Waals surface area contributed by atoms with Crippen molar-refractivity contribution in [1.29, 1.82) is 0 Å². The summed E-state index contributed by atoms with van der Waals surface area (Å²) in [7, 11) is 7.61. The van der Waals surface area contributed by atoms with E-state index >= 15 is 0 Å². The molecule has 2 aliphatic carbocycles. The minimum Gasteiger partial charge on any atom is -0.493 e. The van der Waals surface area contributed by atoms with Gasteiger partial charge in [-0.25, -0.2) is 0 Å². The van der Waals surface area contributed by atoms with E-state index in [1.807, 2.05) is 6.07 Å². The van der Waals surface area contributed by atoms with Crippen molar-refractivity contribution >= 4 is 0 Å². The van der Waals surface area contributed by atoms with Crippen LogP contribution >= 0.6 is 0 Å². The zero-order chi connectivity index (χ0) is 16.4. The largest absolute Gasteiger partial charge is 0.493 e. The van der Waals surface area contributed by atoms with Crippen LogP contribution in [0.1, 0.15) is 24.4 Å². The first-order valence-electron chi connectivity index (χ1n) is 8.42. The van der Waals surface area contributed by atoms with Crippen molar-refractivity contribution in [1.82, 2.24) is 10.2 Å². The molecular formula is C19H28N2O2. The topological polar surface area (TPSA) is 33.7 Å². The fourth-order valence-corrected chi connectivity index (χ4v) is 3.87. The number of fused-ring (bicyclic) bond motifs is 1. The first-order valence-corrected chi connectivity index (χ1v) is 8.42. The third-order valence-corrected chi connectivity index (χ3v) is 5.35. The van der Waals surface area contributed by atoms with Crippen LogP contribution in [0.3, 0.4) is 0 Å². The fraction of sp³-hybridized carbons (Fsp3) is 0.579. The molecule has 1 aromatic carbocycles. The Morgan fingerprint density at radius 2 is 2.00 bits per heavy atom. The SMILES string of the molecule is COc1ccc(C(CNC2CC3CC=CC32)N(C)C)cc1OC. The van der Waals surface area contributed by atoms with Gasteiger partial charge in [0.05, 0.1) is 14.2 Å². The normalized spacial score (nSPS) is 26.7. The lowest BCUT2D eigenvalue weighted by Crippen LogP contribution is -2.50. The maximum Gasteiger partial charge on any atom is 0.161 e. The Morgan fingerprint density at radius 1 is 1.22 bits per heavy atom. The Balaban J connectivity index is 1.67. The molecule has 4 nitrogen and oxygen atoms in total. The average molecular weight is 316 g/mol. The summed E-state index contributed by atoms with van der Waals surface area (Å²) >= 11 is 0. The van der Waals surface area contributed by atoms with E-state index in [4.69, 9.17) is 9.47 Å². The monoisotopic (exact) mass is 316 g/mol. The van der Waals surface area contributed by atoms with Crippen LogP contribution in [0.5, 0.6) is 11.5 Å². The second kappa shape index (κ2) is 6.93. The number of likely N-dealkylation sites (N-methyl/N-ethyl adjacent to an activating group) is 1. The number of nitrogens with zero attached hydrogens (tertiary/aromatic N) is 1. The van der Waals surface area contributed by atoms with E-state index in [1.165, 1.54) is 18.4 Å². The van der Waals surface area contributed by atoms with Crippen LogP contribution in [0, 0.1) is 11.8 Å². The fourth-order valence-electron chi connectivity index (χ4n) is 3.87. The van der Waals surface area contributed by atoms with Gasteiger partial charge in [-0.2, -0.15) is 0 Å². The van der Waals surface area contributed by atoms with Crippen molar-refractivity contribution in [3.05, 3.63) is 35.9 Å². The molecule has 0 heterocycles. The first kappa shape index (κ1) is 16.3. The quantitative estimate of drug-likeness (QED) is 0.784. The third kappa shape index (κ3) is 3.24. The molecule has 0 bridgehead atoms. The number of rotatable bonds is 7. The highest BCUT2D eigenvalue weighted by atomic mass is 16.5. The summed E-state index contributed by atoms with van der Waals surface area (Å²) in [6.45, 7) is 0.949. The molecule has 4 atom stereocenters. The number of nitrogens with one attached hydrogen (secondary N) is 1. The third-order valence-electron chi connectivity index (χ3n) is 5.35. The Hall–Kier alpha value is -1.52. The molecule has 0 aliphatic heterocycles. The van der Waals surface area contributed by atoms with Crippen molar-refractivity contribution < 1.29 is 9.47 Å². The van der Waals surface area contributed by atoms with E-state index in [0.717, 1.165) is 29.9 Å². The van der Waals surface area contributed by atoms with Crippen molar-refractivity contribution in [2.45, 2.75) is 24.9 Å². The summed E-state index contributed by atoms with van der Waals surface area (Å²) in [5.41, 5.74) is 1.25. The highest BCUT2D eigenvalue weighted by molar-refractivity contribution is 5.43. The Kier molecular flexibility index (Phi) is 4.93. The van der Waals surface area contributed by atoms with Crippen LogP contribution in [0.15, 0.2) is 30.4 Å². The average Bonchev–Trinajstić information content (AvgIpc) is 2.91. The summed E-state index contributed by atoms with van der Waals surface area (Å²) < 4.78 is 10.8. The molecule has 1 N–H and O–H groups in total. The summed E-state index contributed by atoms with van der Waals surface area (Å²) in [6.07, 6.45) is 7.32. The Labute approximate surface area is 139 Å². The molecule has 0 amide bonds. The zero-order valence-corrected chi connectivity index (χ0v) is 14.6. The summed E-state index contributed by atoms with van der Waals surface area (Å²) in [6, 6.07) is 7.17. The molecule has 2 aliphatic rings. The number of benzene rings is 1. The molecule has 0 spiro atoms. The molecular weight excluding hydrogens is 288 g/mol. The summed E-state index contributed by atoms with van der Waals surface area (Å²) in [4.78, 5) is 2.26. The molecule has 126 valence electrons. The number of allylic oxidation sites excluding steroid dienone is 1. The van der Waals surface area contributed by atoms with Gasteiger partial charge in [0.1, 0.15) is 0 Å². The number of hydrogen-bond acceptors (Lipinski definition) is 4. The molecule has 0 radical (unpaired) electrons. The minimum atomic E-state index is 0.319. The molecule has 0 saturated heterocycles. The van der Waals surface area contributed by atoms with E-state index in [2.05, 4.69) is 48.6 Å². The van der Waals surface area contributed by atoms with E-state index in [0.29, 0.717) is 12.1 Å². The van der Waals surface area contributed by atoms with Crippen LogP contribution in [0.2, 0.25) is 0 Å². The number of hydrogen-bond donors (Lipinski definition) is 1. The van der Waals surface area contributed by atoms with Gasteiger partial charge < -0.3 is 19.7 Å². The van der Waals surface area contributed by atoms with E-state index < -0.39 is 0 Å². The van der Waals surface area contributed by atoms with Crippen LogP contribution in [0.4, 0.5) is 0 Å². The standard InChI is InChI=1S/C19H28N2O2/c1-21(2)17(12-20-16-10-13-6-5-7-15(13)16)14-8-9-18(22-3)19(11-14)23-4/h5,7-9,11,13,15-17,20H,6,10,12H2,1-4H3. The lowest BCUT2D eigenvalue weighted by molar-refractivity contribution is 0.150. The van der Waals surface area contributed by atoms with E-state index in [1.54, 1.807) is 14.2 Å². The second-order valence-electron chi connectivity index (χ2n) is 6.85. The molecule has 3 rings (SSSR count). The van der Waals surface area contributed by atoms with E-state index in [-0.39, 0.29) is 0 Å². The maximum absolute atomic E-state index is 5.45. The zero-order valence-electron chi connectivity index (χ0n) is 14.6. The molecule has 1 saturated carbocycles. The van der Waals surface area contributed by atoms with Crippen molar-refractivity contribution in [2.75, 3.05) is 34.9 Å². The van der Waals surface area contributed by atoms with Gasteiger partial charge >= 0.3 is 0 Å². The Morgan fingerprint density at radius 3 is 2.65 bits per heavy atom. The van der Waals surface area contributed by atoms with Gasteiger partial charge in [-0.3, -0.25) is 0 Å². The van der Waals surface area contributed by atoms with Crippen LogP contribution in [0.25, 0.3) is 0 Å². The van der Waals surface area contributed by atoms with Gasteiger partial charge in [-0.05, 0) is 56.5 Å². The predicted molar refractivity (Wildman–Crippen MR) is 93.1 cm³/mol. The highest BCUT2D eigenvalue weighted by Gasteiger charge is 2.40. The van der Waals surface area contributed by atoms with Crippen molar-refractivity contribution in [3.63, 3.8) is 0 Å². The highest BCUT2D eigenvalue weighted by Crippen LogP contribution is 2.42.